The smallest absolute Gasteiger partial charge is 0.286 e. The second-order valence-corrected chi connectivity index (χ2v) is 3.28. The third-order valence-corrected chi connectivity index (χ3v) is 2.18. The van der Waals surface area contributed by atoms with Gasteiger partial charge in [-0.2, -0.15) is 0 Å². The van der Waals surface area contributed by atoms with Crippen LogP contribution in [0.3, 0.4) is 0 Å². The molecule has 2 aromatic rings. The predicted molar refractivity (Wildman–Crippen MR) is 55.9 cm³/mol. The van der Waals surface area contributed by atoms with Gasteiger partial charge in [0, 0.05) is 18.8 Å². The van der Waals surface area contributed by atoms with Gasteiger partial charge in [0.25, 0.3) is 5.56 Å². The molecule has 0 fully saturated rings. The molecule has 1 heterocycles. The highest BCUT2D eigenvalue weighted by molar-refractivity contribution is 5.61. The van der Waals surface area contributed by atoms with Gasteiger partial charge in [-0.15, -0.1) is 0 Å². The third kappa shape index (κ3) is 1.81. The van der Waals surface area contributed by atoms with Crippen LogP contribution in [0.25, 0.3) is 11.1 Å². The van der Waals surface area contributed by atoms with Gasteiger partial charge in [0.1, 0.15) is 0 Å². The van der Waals surface area contributed by atoms with Gasteiger partial charge >= 0.3 is 0 Å². The molecule has 75 valence electrons. The Balaban J connectivity index is 2.61. The number of aromatic nitrogens is 1. The van der Waals surface area contributed by atoms with E-state index >= 15 is 0 Å². The summed E-state index contributed by atoms with van der Waals surface area (Å²) in [5.74, 6) is -0.737. The fourth-order valence-electron chi connectivity index (χ4n) is 1.40. The largest absolute Gasteiger partial charge is 0.315 e. The molecule has 2 nitrogen and oxygen atoms in total. The molecule has 0 unspecified atom stereocenters. The van der Waals surface area contributed by atoms with Crippen LogP contribution in [-0.4, -0.2) is 4.57 Å². The molecule has 2 rings (SSSR count). The summed E-state index contributed by atoms with van der Waals surface area (Å²) in [5.41, 5.74) is 0.900. The Kier molecular flexibility index (Phi) is 2.37. The first kappa shape index (κ1) is 9.65. The second kappa shape index (κ2) is 3.69. The highest BCUT2D eigenvalue weighted by Crippen LogP contribution is 2.17. The van der Waals surface area contributed by atoms with E-state index in [0.29, 0.717) is 5.56 Å². The lowest BCUT2D eigenvalue weighted by Gasteiger charge is -2.04. The van der Waals surface area contributed by atoms with Crippen molar-refractivity contribution >= 4 is 0 Å². The molecule has 0 bridgehead atoms. The van der Waals surface area contributed by atoms with Crippen LogP contribution in [0.2, 0.25) is 0 Å². The van der Waals surface area contributed by atoms with Crippen molar-refractivity contribution < 1.29 is 4.39 Å². The van der Waals surface area contributed by atoms with E-state index < -0.39 is 11.4 Å². The van der Waals surface area contributed by atoms with Crippen molar-refractivity contribution in [2.24, 2.45) is 7.05 Å². The zero-order chi connectivity index (χ0) is 10.8. The van der Waals surface area contributed by atoms with Gasteiger partial charge in [0.05, 0.1) is 0 Å². The zero-order valence-corrected chi connectivity index (χ0v) is 8.20. The summed E-state index contributed by atoms with van der Waals surface area (Å²) in [6.07, 6.45) is 1.61. The van der Waals surface area contributed by atoms with Crippen LogP contribution in [0, 0.1) is 11.9 Å². The van der Waals surface area contributed by atoms with Crippen molar-refractivity contribution in [3.63, 3.8) is 0 Å². The number of nitrogens with zero attached hydrogens (tertiary/aromatic N) is 1. The van der Waals surface area contributed by atoms with Crippen molar-refractivity contribution in [1.82, 2.24) is 4.57 Å². The molecule has 1 aromatic heterocycles. The standard InChI is InChI=1S/C12H9FNO/c1-14-8-10(7-11(13)12(14)15)9-5-3-2-4-6-9/h2-3,5-8H,1H3. The average Bonchev–Trinajstić information content (AvgIpc) is 2.26. The maximum atomic E-state index is 13.2. The van der Waals surface area contributed by atoms with Gasteiger partial charge in [-0.3, -0.25) is 4.79 Å². The fraction of sp³-hybridized carbons (Fsp3) is 0.0833. The van der Waals surface area contributed by atoms with Gasteiger partial charge in [-0.05, 0) is 23.8 Å². The Bertz CT molecular complexity index is 505. The van der Waals surface area contributed by atoms with E-state index in [9.17, 15) is 9.18 Å². The van der Waals surface area contributed by atoms with Crippen LogP contribution < -0.4 is 5.56 Å². The zero-order valence-electron chi connectivity index (χ0n) is 8.20. The summed E-state index contributed by atoms with van der Waals surface area (Å²) < 4.78 is 14.4. The molecule has 0 spiro atoms. The minimum absolute atomic E-state index is 0.612. The summed E-state index contributed by atoms with van der Waals surface area (Å²) in [6.45, 7) is 0. The predicted octanol–water partition coefficient (Wildman–Crippen LogP) is 1.99. The molecule has 1 aromatic carbocycles. The van der Waals surface area contributed by atoms with Gasteiger partial charge in [-0.25, -0.2) is 4.39 Å². The van der Waals surface area contributed by atoms with E-state index in [4.69, 9.17) is 0 Å². The number of rotatable bonds is 1. The lowest BCUT2D eigenvalue weighted by atomic mass is 10.1. The molecule has 0 saturated heterocycles. The molecule has 0 atom stereocenters. The van der Waals surface area contributed by atoms with E-state index in [1.807, 2.05) is 12.1 Å². The minimum Gasteiger partial charge on any atom is -0.315 e. The molecule has 0 aliphatic heterocycles. The van der Waals surface area contributed by atoms with Crippen LogP contribution in [0.15, 0.2) is 41.3 Å². The minimum atomic E-state index is -0.737. The van der Waals surface area contributed by atoms with E-state index in [2.05, 4.69) is 6.07 Å². The Morgan fingerprint density at radius 2 is 2.20 bits per heavy atom. The van der Waals surface area contributed by atoms with Crippen LogP contribution in [0.1, 0.15) is 0 Å². The molecule has 0 saturated carbocycles. The normalized spacial score (nSPS) is 10.3. The molecule has 0 N–H and O–H groups in total. The molecule has 15 heavy (non-hydrogen) atoms. The van der Waals surface area contributed by atoms with Crippen molar-refractivity contribution in [2.45, 2.75) is 0 Å². The van der Waals surface area contributed by atoms with E-state index in [1.165, 1.54) is 17.7 Å². The van der Waals surface area contributed by atoms with Crippen molar-refractivity contribution in [3.05, 3.63) is 58.8 Å². The van der Waals surface area contributed by atoms with Gasteiger partial charge in [0.2, 0.25) is 0 Å². The maximum absolute atomic E-state index is 13.2. The van der Waals surface area contributed by atoms with Crippen LogP contribution in [0.4, 0.5) is 4.39 Å². The number of aryl methyl sites for hydroxylation is 1. The lowest BCUT2D eigenvalue weighted by Crippen LogP contribution is -2.19. The highest BCUT2D eigenvalue weighted by atomic mass is 19.1. The van der Waals surface area contributed by atoms with Crippen LogP contribution in [-0.2, 0) is 7.05 Å². The van der Waals surface area contributed by atoms with Crippen molar-refractivity contribution in [2.75, 3.05) is 0 Å². The summed E-state index contributed by atoms with van der Waals surface area (Å²) in [5, 5.41) is 0. The number of hydrogen-bond donors (Lipinski definition) is 0. The first-order chi connectivity index (χ1) is 7.18. The molecular formula is C12H9FNO. The van der Waals surface area contributed by atoms with Gasteiger partial charge in [0.15, 0.2) is 5.82 Å². The SMILES string of the molecule is Cn1cc(-c2c[c]ccc2)cc(F)c1=O. The Hall–Kier alpha value is -1.90. The third-order valence-electron chi connectivity index (χ3n) is 2.18. The molecule has 3 heteroatoms. The van der Waals surface area contributed by atoms with Crippen molar-refractivity contribution in [3.8, 4) is 11.1 Å². The molecule has 0 aliphatic carbocycles. The summed E-state index contributed by atoms with van der Waals surface area (Å²) in [4.78, 5) is 11.1. The van der Waals surface area contributed by atoms with Crippen molar-refractivity contribution in [1.29, 1.82) is 0 Å². The highest BCUT2D eigenvalue weighted by Gasteiger charge is 2.04. The van der Waals surface area contributed by atoms with E-state index in [1.54, 1.807) is 18.3 Å². The Labute approximate surface area is 86.6 Å². The number of benzene rings is 1. The number of pyridine rings is 1. The Morgan fingerprint density at radius 3 is 2.80 bits per heavy atom. The van der Waals surface area contributed by atoms with Crippen LogP contribution >= 0.6 is 0 Å². The molecule has 0 aliphatic rings. The first-order valence-electron chi connectivity index (χ1n) is 4.51. The molecular weight excluding hydrogens is 193 g/mol. The number of halogens is 1. The second-order valence-electron chi connectivity index (χ2n) is 3.28. The lowest BCUT2D eigenvalue weighted by molar-refractivity contribution is 0.591. The van der Waals surface area contributed by atoms with E-state index in [-0.39, 0.29) is 0 Å². The Morgan fingerprint density at radius 1 is 1.40 bits per heavy atom. The van der Waals surface area contributed by atoms with E-state index in [0.717, 1.165) is 5.56 Å². The van der Waals surface area contributed by atoms with Gasteiger partial charge in [-0.1, -0.05) is 18.2 Å². The summed E-state index contributed by atoms with van der Waals surface area (Å²) in [7, 11) is 1.53. The fourth-order valence-corrected chi connectivity index (χ4v) is 1.40. The number of hydrogen-bond acceptors (Lipinski definition) is 1. The molecule has 1 radical (unpaired) electrons. The maximum Gasteiger partial charge on any atom is 0.286 e. The summed E-state index contributed by atoms with van der Waals surface area (Å²) >= 11 is 0. The quantitative estimate of drug-likeness (QED) is 0.693. The van der Waals surface area contributed by atoms with Gasteiger partial charge < -0.3 is 4.57 Å². The first-order valence-corrected chi connectivity index (χ1v) is 4.51. The average molecular weight is 202 g/mol. The topological polar surface area (TPSA) is 22.0 Å². The summed E-state index contributed by atoms with van der Waals surface area (Å²) in [6, 6.07) is 11.3. The van der Waals surface area contributed by atoms with Crippen LogP contribution in [0.5, 0.6) is 0 Å². The molecule has 0 amide bonds. The monoisotopic (exact) mass is 202 g/mol.